The van der Waals surface area contributed by atoms with Gasteiger partial charge >= 0.3 is 0 Å². The van der Waals surface area contributed by atoms with Crippen molar-refractivity contribution in [3.63, 3.8) is 0 Å². The zero-order valence-corrected chi connectivity index (χ0v) is 10.8. The summed E-state index contributed by atoms with van der Waals surface area (Å²) >= 11 is 1.67. The maximum Gasteiger partial charge on any atom is 0.256 e. The molecule has 0 amide bonds. The molecule has 3 nitrogen and oxygen atoms in total. The molecule has 0 saturated heterocycles. The van der Waals surface area contributed by atoms with Crippen molar-refractivity contribution >= 4 is 11.8 Å². The van der Waals surface area contributed by atoms with Gasteiger partial charge in [0.2, 0.25) is 0 Å². The molecule has 0 radical (unpaired) electrons. The van der Waals surface area contributed by atoms with Gasteiger partial charge in [-0.1, -0.05) is 18.7 Å². The Morgan fingerprint density at radius 1 is 1.47 bits per heavy atom. The van der Waals surface area contributed by atoms with Crippen LogP contribution in [0, 0.1) is 13.8 Å². The maximum atomic E-state index is 5.47. The Labute approximate surface area is 96.0 Å². The summed E-state index contributed by atoms with van der Waals surface area (Å²) in [4.78, 5) is 4.32. The molecule has 0 aliphatic heterocycles. The molecule has 0 bridgehead atoms. The predicted octanol–water partition coefficient (Wildman–Crippen LogP) is 2.77. The molecule has 1 aromatic heterocycles. The third-order valence-corrected chi connectivity index (χ3v) is 3.27. The van der Waals surface area contributed by atoms with Crippen molar-refractivity contribution in [3.05, 3.63) is 11.5 Å². The predicted molar refractivity (Wildman–Crippen MR) is 64.5 cm³/mol. The summed E-state index contributed by atoms with van der Waals surface area (Å²) < 4.78 is 5.47. The number of hydrogen-bond acceptors (Lipinski definition) is 4. The summed E-state index contributed by atoms with van der Waals surface area (Å²) in [6.07, 6.45) is 1.17. The molecule has 0 aliphatic carbocycles. The summed E-state index contributed by atoms with van der Waals surface area (Å²) in [5.41, 5.74) is 0.993. The van der Waals surface area contributed by atoms with Crippen molar-refractivity contribution in [1.29, 1.82) is 0 Å². The van der Waals surface area contributed by atoms with E-state index < -0.39 is 0 Å². The molecule has 1 atom stereocenters. The average molecular weight is 228 g/mol. The van der Waals surface area contributed by atoms with Crippen LogP contribution in [0.1, 0.15) is 31.7 Å². The second-order valence-electron chi connectivity index (χ2n) is 3.73. The lowest BCUT2D eigenvalue weighted by Gasteiger charge is -2.09. The zero-order chi connectivity index (χ0) is 11.3. The highest BCUT2D eigenvalue weighted by atomic mass is 32.2. The van der Waals surface area contributed by atoms with Gasteiger partial charge in [-0.3, -0.25) is 0 Å². The lowest BCUT2D eigenvalue weighted by molar-refractivity contribution is 0.431. The molecule has 0 aliphatic rings. The van der Waals surface area contributed by atoms with Crippen molar-refractivity contribution in [2.75, 3.05) is 12.3 Å². The Morgan fingerprint density at radius 2 is 2.20 bits per heavy atom. The maximum absolute atomic E-state index is 5.47. The molecule has 4 heteroatoms. The first-order valence-electron chi connectivity index (χ1n) is 5.43. The minimum absolute atomic E-state index is 0.596. The fourth-order valence-corrected chi connectivity index (χ4v) is 1.87. The van der Waals surface area contributed by atoms with E-state index in [0.29, 0.717) is 6.04 Å². The minimum Gasteiger partial charge on any atom is -0.437 e. The summed E-state index contributed by atoms with van der Waals surface area (Å²) in [6.45, 7) is 9.31. The van der Waals surface area contributed by atoms with Crippen LogP contribution in [-0.4, -0.2) is 23.3 Å². The van der Waals surface area contributed by atoms with Gasteiger partial charge in [-0.05, 0) is 27.2 Å². The molecule has 0 saturated carbocycles. The van der Waals surface area contributed by atoms with E-state index >= 15 is 0 Å². The molecule has 1 unspecified atom stereocenters. The molecule has 1 aromatic rings. The quantitative estimate of drug-likeness (QED) is 0.600. The van der Waals surface area contributed by atoms with E-state index in [1.165, 1.54) is 6.42 Å². The van der Waals surface area contributed by atoms with Gasteiger partial charge < -0.3 is 9.73 Å². The van der Waals surface area contributed by atoms with E-state index in [9.17, 15) is 0 Å². The van der Waals surface area contributed by atoms with Crippen LogP contribution in [0.4, 0.5) is 0 Å². The van der Waals surface area contributed by atoms with Gasteiger partial charge in [-0.15, -0.1) is 0 Å². The van der Waals surface area contributed by atoms with Crippen LogP contribution in [0.25, 0.3) is 0 Å². The van der Waals surface area contributed by atoms with Crippen molar-refractivity contribution in [2.45, 2.75) is 45.4 Å². The van der Waals surface area contributed by atoms with Gasteiger partial charge in [-0.25, -0.2) is 4.98 Å². The third-order valence-electron chi connectivity index (χ3n) is 2.44. The standard InChI is InChI=1S/C11H20N2OS/c1-5-8(2)12-6-7-15-11-13-9(3)10(4)14-11/h8,12H,5-7H2,1-4H3. The van der Waals surface area contributed by atoms with Crippen LogP contribution in [0.15, 0.2) is 9.64 Å². The van der Waals surface area contributed by atoms with E-state index in [1.807, 2.05) is 13.8 Å². The van der Waals surface area contributed by atoms with E-state index in [1.54, 1.807) is 11.8 Å². The number of nitrogens with one attached hydrogen (secondary N) is 1. The van der Waals surface area contributed by atoms with Crippen LogP contribution in [-0.2, 0) is 0 Å². The molecule has 0 aromatic carbocycles. The molecule has 0 fully saturated rings. The second-order valence-corrected chi connectivity index (χ2v) is 4.78. The van der Waals surface area contributed by atoms with Crippen LogP contribution < -0.4 is 5.32 Å². The number of nitrogens with zero attached hydrogens (tertiary/aromatic N) is 1. The number of oxazole rings is 1. The Kier molecular flexibility index (Phi) is 5.19. The molecular weight excluding hydrogens is 208 g/mol. The Balaban J connectivity index is 2.20. The molecule has 86 valence electrons. The van der Waals surface area contributed by atoms with Crippen molar-refractivity contribution in [1.82, 2.24) is 10.3 Å². The smallest absolute Gasteiger partial charge is 0.256 e. The number of rotatable bonds is 6. The van der Waals surface area contributed by atoms with Gasteiger partial charge in [0.05, 0.1) is 5.69 Å². The lowest BCUT2D eigenvalue weighted by Crippen LogP contribution is -2.27. The first kappa shape index (κ1) is 12.6. The molecule has 1 N–H and O–H groups in total. The summed E-state index contributed by atoms with van der Waals surface area (Å²) in [5.74, 6) is 1.93. The van der Waals surface area contributed by atoms with E-state index in [-0.39, 0.29) is 0 Å². The molecule has 1 heterocycles. The number of thioether (sulfide) groups is 1. The highest BCUT2D eigenvalue weighted by Crippen LogP contribution is 2.19. The van der Waals surface area contributed by atoms with E-state index in [2.05, 4.69) is 24.1 Å². The van der Waals surface area contributed by atoms with Gasteiger partial charge in [0.25, 0.3) is 5.22 Å². The van der Waals surface area contributed by atoms with Crippen molar-refractivity contribution in [3.8, 4) is 0 Å². The van der Waals surface area contributed by atoms with Crippen LogP contribution >= 0.6 is 11.8 Å². The fourth-order valence-electron chi connectivity index (χ4n) is 1.09. The van der Waals surface area contributed by atoms with Crippen LogP contribution in [0.5, 0.6) is 0 Å². The molecule has 15 heavy (non-hydrogen) atoms. The Hall–Kier alpha value is -0.480. The fraction of sp³-hybridized carbons (Fsp3) is 0.727. The highest BCUT2D eigenvalue weighted by molar-refractivity contribution is 7.99. The second kappa shape index (κ2) is 6.18. The number of hydrogen-bond donors (Lipinski definition) is 1. The highest BCUT2D eigenvalue weighted by Gasteiger charge is 2.05. The minimum atomic E-state index is 0.596. The monoisotopic (exact) mass is 228 g/mol. The molecular formula is C11H20N2OS. The molecule has 1 rings (SSSR count). The third kappa shape index (κ3) is 4.26. The Morgan fingerprint density at radius 3 is 2.73 bits per heavy atom. The van der Waals surface area contributed by atoms with Gasteiger partial charge in [0.1, 0.15) is 5.76 Å². The van der Waals surface area contributed by atoms with Gasteiger partial charge in [0.15, 0.2) is 0 Å². The normalized spacial score (nSPS) is 13.1. The number of aromatic nitrogens is 1. The lowest BCUT2D eigenvalue weighted by atomic mass is 10.3. The van der Waals surface area contributed by atoms with Crippen LogP contribution in [0.3, 0.4) is 0 Å². The summed E-state index contributed by atoms with van der Waals surface area (Å²) in [7, 11) is 0. The summed E-state index contributed by atoms with van der Waals surface area (Å²) in [5, 5.41) is 4.22. The number of aryl methyl sites for hydroxylation is 2. The SMILES string of the molecule is CCC(C)NCCSc1nc(C)c(C)o1. The van der Waals surface area contributed by atoms with Gasteiger partial charge in [-0.2, -0.15) is 0 Å². The Bertz CT molecular complexity index is 279. The zero-order valence-electron chi connectivity index (χ0n) is 9.96. The van der Waals surface area contributed by atoms with E-state index in [4.69, 9.17) is 4.42 Å². The topological polar surface area (TPSA) is 38.1 Å². The first-order valence-corrected chi connectivity index (χ1v) is 6.42. The average Bonchev–Trinajstić information content (AvgIpc) is 2.53. The summed E-state index contributed by atoms with van der Waals surface area (Å²) in [6, 6.07) is 0.596. The van der Waals surface area contributed by atoms with Crippen molar-refractivity contribution < 1.29 is 4.42 Å². The molecule has 0 spiro atoms. The van der Waals surface area contributed by atoms with E-state index in [0.717, 1.165) is 29.0 Å². The largest absolute Gasteiger partial charge is 0.437 e. The first-order chi connectivity index (χ1) is 7.13. The van der Waals surface area contributed by atoms with Crippen molar-refractivity contribution in [2.24, 2.45) is 0 Å². The van der Waals surface area contributed by atoms with Gasteiger partial charge in [0, 0.05) is 18.3 Å². The van der Waals surface area contributed by atoms with Crippen LogP contribution in [0.2, 0.25) is 0 Å².